The van der Waals surface area contributed by atoms with Gasteiger partial charge in [-0.05, 0) is 24.3 Å². The van der Waals surface area contributed by atoms with Crippen molar-refractivity contribution >= 4 is 11.9 Å². The SMILES string of the molecule is Cn1nccc1CNC(=O)[C@H]1C2C=CC(C2)[C@H]1C(=O)O. The average molecular weight is 275 g/mol. The van der Waals surface area contributed by atoms with Crippen LogP contribution >= 0.6 is 0 Å². The van der Waals surface area contributed by atoms with Crippen LogP contribution in [0.2, 0.25) is 0 Å². The summed E-state index contributed by atoms with van der Waals surface area (Å²) in [5, 5.41) is 16.2. The topological polar surface area (TPSA) is 84.2 Å². The quantitative estimate of drug-likeness (QED) is 0.786. The second-order valence-corrected chi connectivity index (χ2v) is 5.50. The fourth-order valence-electron chi connectivity index (χ4n) is 3.39. The third-order valence-electron chi connectivity index (χ3n) is 4.41. The second-order valence-electron chi connectivity index (χ2n) is 5.50. The van der Waals surface area contributed by atoms with Crippen molar-refractivity contribution in [1.29, 1.82) is 0 Å². The number of nitrogens with zero attached hydrogens (tertiary/aromatic N) is 2. The van der Waals surface area contributed by atoms with Crippen molar-refractivity contribution in [1.82, 2.24) is 15.1 Å². The summed E-state index contributed by atoms with van der Waals surface area (Å²) in [5.74, 6) is -2.01. The Labute approximate surface area is 116 Å². The predicted octanol–water partition coefficient (Wildman–Crippen LogP) is 0.559. The lowest BCUT2D eigenvalue weighted by atomic mass is 9.82. The van der Waals surface area contributed by atoms with Crippen molar-refractivity contribution in [2.24, 2.45) is 30.7 Å². The molecule has 0 aliphatic heterocycles. The number of rotatable bonds is 4. The highest BCUT2D eigenvalue weighted by Gasteiger charge is 2.51. The van der Waals surface area contributed by atoms with Crippen LogP contribution in [0.25, 0.3) is 0 Å². The van der Waals surface area contributed by atoms with Crippen LogP contribution in [0.5, 0.6) is 0 Å². The zero-order valence-electron chi connectivity index (χ0n) is 11.2. The Bertz CT molecular complexity index is 578. The van der Waals surface area contributed by atoms with E-state index in [9.17, 15) is 14.7 Å². The first kappa shape index (κ1) is 12.9. The number of hydrogen-bond acceptors (Lipinski definition) is 3. The predicted molar refractivity (Wildman–Crippen MR) is 70.4 cm³/mol. The largest absolute Gasteiger partial charge is 0.481 e. The normalized spacial score (nSPS) is 30.6. The maximum Gasteiger partial charge on any atom is 0.307 e. The van der Waals surface area contributed by atoms with Crippen LogP contribution in [-0.4, -0.2) is 26.8 Å². The number of carbonyl (C=O) groups is 2. The Morgan fingerprint density at radius 3 is 2.70 bits per heavy atom. The maximum atomic E-state index is 12.3. The molecule has 2 bridgehead atoms. The molecule has 1 saturated carbocycles. The first-order valence-electron chi connectivity index (χ1n) is 6.73. The summed E-state index contributed by atoms with van der Waals surface area (Å²) in [6.07, 6.45) is 6.37. The fraction of sp³-hybridized carbons (Fsp3) is 0.500. The molecule has 2 aliphatic rings. The van der Waals surface area contributed by atoms with E-state index in [-0.39, 0.29) is 17.7 Å². The molecule has 0 aromatic carbocycles. The van der Waals surface area contributed by atoms with E-state index < -0.39 is 17.8 Å². The smallest absolute Gasteiger partial charge is 0.307 e. The van der Waals surface area contributed by atoms with Gasteiger partial charge < -0.3 is 10.4 Å². The molecule has 2 aliphatic carbocycles. The Hall–Kier alpha value is -2.11. The number of hydrogen-bond donors (Lipinski definition) is 2. The van der Waals surface area contributed by atoms with Gasteiger partial charge in [0, 0.05) is 13.2 Å². The van der Waals surface area contributed by atoms with E-state index in [0.717, 1.165) is 12.1 Å². The molecule has 6 heteroatoms. The minimum Gasteiger partial charge on any atom is -0.481 e. The summed E-state index contributed by atoms with van der Waals surface area (Å²) in [6, 6.07) is 1.83. The van der Waals surface area contributed by atoms with Crippen molar-refractivity contribution < 1.29 is 14.7 Å². The first-order chi connectivity index (χ1) is 9.58. The molecule has 4 atom stereocenters. The van der Waals surface area contributed by atoms with E-state index in [1.807, 2.05) is 25.3 Å². The Kier molecular flexibility index (Phi) is 3.08. The highest BCUT2D eigenvalue weighted by atomic mass is 16.4. The summed E-state index contributed by atoms with van der Waals surface area (Å²) < 4.78 is 1.69. The molecule has 1 fully saturated rings. The monoisotopic (exact) mass is 275 g/mol. The Balaban J connectivity index is 1.69. The number of aromatic nitrogens is 2. The Morgan fingerprint density at radius 2 is 2.10 bits per heavy atom. The number of aliphatic carboxylic acids is 1. The van der Waals surface area contributed by atoms with Crippen molar-refractivity contribution in [3.63, 3.8) is 0 Å². The molecule has 20 heavy (non-hydrogen) atoms. The van der Waals surface area contributed by atoms with E-state index >= 15 is 0 Å². The fourth-order valence-corrected chi connectivity index (χ4v) is 3.39. The van der Waals surface area contributed by atoms with Gasteiger partial charge in [-0.25, -0.2) is 0 Å². The number of nitrogens with one attached hydrogen (secondary N) is 1. The minimum atomic E-state index is -0.873. The van der Waals surface area contributed by atoms with Gasteiger partial charge >= 0.3 is 5.97 Å². The van der Waals surface area contributed by atoms with Crippen LogP contribution in [-0.2, 0) is 23.2 Å². The van der Waals surface area contributed by atoms with Gasteiger partial charge in [-0.15, -0.1) is 0 Å². The molecule has 1 aromatic heterocycles. The highest BCUT2D eigenvalue weighted by molar-refractivity contribution is 5.86. The van der Waals surface area contributed by atoms with Gasteiger partial charge in [0.15, 0.2) is 0 Å². The summed E-state index contributed by atoms with van der Waals surface area (Å²) in [7, 11) is 1.81. The molecular weight excluding hydrogens is 258 g/mol. The molecular formula is C14H17N3O3. The van der Waals surface area contributed by atoms with E-state index in [2.05, 4.69) is 10.4 Å². The van der Waals surface area contributed by atoms with Gasteiger partial charge in [0.05, 0.1) is 24.1 Å². The summed E-state index contributed by atoms with van der Waals surface area (Å²) >= 11 is 0. The van der Waals surface area contributed by atoms with Crippen LogP contribution in [0.15, 0.2) is 24.4 Å². The summed E-state index contributed by atoms with van der Waals surface area (Å²) in [5.41, 5.74) is 0.893. The lowest BCUT2D eigenvalue weighted by Gasteiger charge is -2.23. The van der Waals surface area contributed by atoms with Crippen molar-refractivity contribution in [3.05, 3.63) is 30.1 Å². The molecule has 0 saturated heterocycles. The number of fused-ring (bicyclic) bond motifs is 2. The van der Waals surface area contributed by atoms with Gasteiger partial charge in [0.25, 0.3) is 0 Å². The molecule has 0 radical (unpaired) electrons. The van der Waals surface area contributed by atoms with E-state index in [0.29, 0.717) is 6.54 Å². The van der Waals surface area contributed by atoms with Gasteiger partial charge in [0.2, 0.25) is 5.91 Å². The average Bonchev–Trinajstić information content (AvgIpc) is 3.10. The molecule has 1 heterocycles. The number of amides is 1. The number of carboxylic acid groups (broad SMARTS) is 1. The zero-order valence-corrected chi connectivity index (χ0v) is 11.2. The van der Waals surface area contributed by atoms with Crippen LogP contribution in [0.3, 0.4) is 0 Å². The van der Waals surface area contributed by atoms with Crippen LogP contribution in [0.1, 0.15) is 12.1 Å². The Morgan fingerprint density at radius 1 is 1.40 bits per heavy atom. The number of carboxylic acids is 1. The molecule has 6 nitrogen and oxygen atoms in total. The van der Waals surface area contributed by atoms with Gasteiger partial charge in [0.1, 0.15) is 0 Å². The van der Waals surface area contributed by atoms with E-state index in [1.54, 1.807) is 10.9 Å². The molecule has 106 valence electrons. The highest BCUT2D eigenvalue weighted by Crippen LogP contribution is 2.48. The van der Waals surface area contributed by atoms with Crippen molar-refractivity contribution in [2.75, 3.05) is 0 Å². The van der Waals surface area contributed by atoms with Crippen LogP contribution in [0, 0.1) is 23.7 Å². The molecule has 2 N–H and O–H groups in total. The van der Waals surface area contributed by atoms with Gasteiger partial charge in [-0.3, -0.25) is 14.3 Å². The molecule has 2 unspecified atom stereocenters. The summed E-state index contributed by atoms with van der Waals surface area (Å²) in [6.45, 7) is 0.374. The van der Waals surface area contributed by atoms with E-state index in [4.69, 9.17) is 0 Å². The zero-order chi connectivity index (χ0) is 14.3. The molecule has 1 aromatic rings. The van der Waals surface area contributed by atoms with Gasteiger partial charge in [-0.2, -0.15) is 5.10 Å². The summed E-state index contributed by atoms with van der Waals surface area (Å²) in [4.78, 5) is 23.7. The van der Waals surface area contributed by atoms with Gasteiger partial charge in [-0.1, -0.05) is 12.2 Å². The third-order valence-corrected chi connectivity index (χ3v) is 4.41. The number of aryl methyl sites for hydroxylation is 1. The molecule has 0 spiro atoms. The number of carbonyl (C=O) groups excluding carboxylic acids is 1. The third kappa shape index (κ3) is 2.01. The second kappa shape index (κ2) is 4.77. The minimum absolute atomic E-state index is 0.00459. The van der Waals surface area contributed by atoms with Crippen LogP contribution < -0.4 is 5.32 Å². The van der Waals surface area contributed by atoms with E-state index in [1.165, 1.54) is 0 Å². The standard InChI is InChI=1S/C14H17N3O3/c1-17-10(4-5-16-17)7-15-13(18)11-8-2-3-9(6-8)12(11)14(19)20/h2-5,8-9,11-12H,6-7H2,1H3,(H,15,18)(H,19,20)/t8?,9?,11-,12+/m0/s1. The lowest BCUT2D eigenvalue weighted by Crippen LogP contribution is -2.40. The maximum absolute atomic E-state index is 12.3. The molecule has 1 amide bonds. The lowest BCUT2D eigenvalue weighted by molar-refractivity contribution is -0.147. The first-order valence-corrected chi connectivity index (χ1v) is 6.73. The number of allylic oxidation sites excluding steroid dienone is 2. The van der Waals surface area contributed by atoms with Crippen LogP contribution in [0.4, 0.5) is 0 Å². The molecule has 3 rings (SSSR count). The van der Waals surface area contributed by atoms with Crippen molar-refractivity contribution in [2.45, 2.75) is 13.0 Å². The van der Waals surface area contributed by atoms with Crippen molar-refractivity contribution in [3.8, 4) is 0 Å².